The van der Waals surface area contributed by atoms with Crippen LogP contribution in [0, 0.1) is 0 Å². The van der Waals surface area contributed by atoms with Gasteiger partial charge in [0.05, 0.1) is 18.5 Å². The molecular formula is C21H25N3O3. The number of anilines is 2. The normalized spacial score (nSPS) is 14.0. The Morgan fingerprint density at radius 2 is 1.78 bits per heavy atom. The highest BCUT2D eigenvalue weighted by Gasteiger charge is 2.22. The van der Waals surface area contributed by atoms with Gasteiger partial charge in [-0.15, -0.1) is 0 Å². The van der Waals surface area contributed by atoms with Crippen LogP contribution in [0.2, 0.25) is 0 Å². The number of benzene rings is 2. The first kappa shape index (κ1) is 18.8. The molecule has 0 atom stereocenters. The fraction of sp³-hybridized carbons (Fsp3) is 0.333. The Balaban J connectivity index is 1.73. The fourth-order valence-electron chi connectivity index (χ4n) is 3.23. The van der Waals surface area contributed by atoms with Crippen LogP contribution in [0.15, 0.2) is 48.5 Å². The summed E-state index contributed by atoms with van der Waals surface area (Å²) in [6.07, 6.45) is 0.535. The van der Waals surface area contributed by atoms with Gasteiger partial charge in [0.1, 0.15) is 5.75 Å². The molecule has 1 aliphatic heterocycles. The number of nitrogens with zero attached hydrogens (tertiary/aromatic N) is 2. The van der Waals surface area contributed by atoms with E-state index in [-0.39, 0.29) is 11.8 Å². The van der Waals surface area contributed by atoms with E-state index in [2.05, 4.69) is 10.2 Å². The molecule has 0 unspecified atom stereocenters. The van der Waals surface area contributed by atoms with Crippen LogP contribution in [0.4, 0.5) is 11.4 Å². The number of amides is 2. The molecule has 1 saturated heterocycles. The predicted octanol–water partition coefficient (Wildman–Crippen LogP) is 3.01. The van der Waals surface area contributed by atoms with Gasteiger partial charge in [-0.25, -0.2) is 0 Å². The van der Waals surface area contributed by atoms with Crippen molar-refractivity contribution in [1.82, 2.24) is 4.90 Å². The van der Waals surface area contributed by atoms with E-state index < -0.39 is 0 Å². The van der Waals surface area contributed by atoms with E-state index in [9.17, 15) is 9.59 Å². The van der Waals surface area contributed by atoms with Gasteiger partial charge in [-0.05, 0) is 30.3 Å². The predicted molar refractivity (Wildman–Crippen MR) is 106 cm³/mol. The summed E-state index contributed by atoms with van der Waals surface area (Å²) in [6, 6.07) is 14.8. The van der Waals surface area contributed by atoms with Crippen LogP contribution < -0.4 is 15.0 Å². The zero-order valence-electron chi connectivity index (χ0n) is 15.8. The molecule has 1 aliphatic rings. The van der Waals surface area contributed by atoms with Crippen LogP contribution in [0.3, 0.4) is 0 Å². The van der Waals surface area contributed by atoms with E-state index in [1.165, 1.54) is 0 Å². The van der Waals surface area contributed by atoms with Gasteiger partial charge in [-0.2, -0.15) is 0 Å². The van der Waals surface area contributed by atoms with Crippen LogP contribution in [-0.2, 0) is 4.79 Å². The highest BCUT2D eigenvalue weighted by Crippen LogP contribution is 2.27. The number of nitrogens with one attached hydrogen (secondary N) is 1. The highest BCUT2D eigenvalue weighted by atomic mass is 16.5. The molecule has 2 aromatic carbocycles. The van der Waals surface area contributed by atoms with E-state index >= 15 is 0 Å². The highest BCUT2D eigenvalue weighted by molar-refractivity contribution is 6.06. The van der Waals surface area contributed by atoms with Gasteiger partial charge >= 0.3 is 0 Å². The number of piperazine rings is 1. The molecule has 3 rings (SSSR count). The molecule has 0 aliphatic carbocycles. The van der Waals surface area contributed by atoms with Crippen molar-refractivity contribution < 1.29 is 14.3 Å². The molecule has 27 heavy (non-hydrogen) atoms. The minimum absolute atomic E-state index is 0.179. The number of hydrogen-bond donors (Lipinski definition) is 1. The van der Waals surface area contributed by atoms with Gasteiger partial charge in [-0.1, -0.05) is 25.1 Å². The Hall–Kier alpha value is -3.02. The van der Waals surface area contributed by atoms with Gasteiger partial charge in [0.2, 0.25) is 5.91 Å². The lowest BCUT2D eigenvalue weighted by molar-refractivity contribution is -0.131. The van der Waals surface area contributed by atoms with Crippen LogP contribution in [-0.4, -0.2) is 50.0 Å². The van der Waals surface area contributed by atoms with Gasteiger partial charge < -0.3 is 19.9 Å². The van der Waals surface area contributed by atoms with Gasteiger partial charge in [-0.3, -0.25) is 9.59 Å². The SMILES string of the molecule is CCC(=O)N1CCN(c2ccccc2NC(=O)c2cccc(OC)c2)CC1. The van der Waals surface area contributed by atoms with Crippen molar-refractivity contribution in [3.63, 3.8) is 0 Å². The van der Waals surface area contributed by atoms with Crippen LogP contribution in [0.5, 0.6) is 5.75 Å². The molecule has 0 bridgehead atoms. The molecule has 142 valence electrons. The molecule has 0 radical (unpaired) electrons. The maximum atomic E-state index is 12.7. The van der Waals surface area contributed by atoms with Crippen molar-refractivity contribution in [3.8, 4) is 5.75 Å². The van der Waals surface area contributed by atoms with Crippen molar-refractivity contribution in [2.75, 3.05) is 43.5 Å². The number of hydrogen-bond acceptors (Lipinski definition) is 4. The summed E-state index contributed by atoms with van der Waals surface area (Å²) in [6.45, 7) is 4.78. The quantitative estimate of drug-likeness (QED) is 0.882. The first-order valence-electron chi connectivity index (χ1n) is 9.19. The van der Waals surface area contributed by atoms with E-state index in [0.29, 0.717) is 30.8 Å². The average Bonchev–Trinajstić information content (AvgIpc) is 2.73. The maximum absolute atomic E-state index is 12.7. The van der Waals surface area contributed by atoms with Crippen LogP contribution >= 0.6 is 0 Å². The third-order valence-electron chi connectivity index (χ3n) is 4.76. The Labute approximate surface area is 159 Å². The molecule has 6 heteroatoms. The zero-order chi connectivity index (χ0) is 19.2. The van der Waals surface area contributed by atoms with Crippen molar-refractivity contribution >= 4 is 23.2 Å². The molecule has 2 aromatic rings. The summed E-state index contributed by atoms with van der Waals surface area (Å²) in [4.78, 5) is 28.6. The summed E-state index contributed by atoms with van der Waals surface area (Å²) in [5.41, 5.74) is 2.28. The lowest BCUT2D eigenvalue weighted by Gasteiger charge is -2.36. The summed E-state index contributed by atoms with van der Waals surface area (Å²) >= 11 is 0. The topological polar surface area (TPSA) is 61.9 Å². The molecule has 0 saturated carbocycles. The number of ether oxygens (including phenoxy) is 1. The largest absolute Gasteiger partial charge is 0.497 e. The number of para-hydroxylation sites is 2. The average molecular weight is 367 g/mol. The molecule has 1 heterocycles. The number of carbonyl (C=O) groups excluding carboxylic acids is 2. The van der Waals surface area contributed by atoms with E-state index in [0.717, 1.165) is 24.5 Å². The summed E-state index contributed by atoms with van der Waals surface area (Å²) in [5.74, 6) is 0.656. The van der Waals surface area contributed by atoms with E-state index in [1.54, 1.807) is 25.3 Å². The minimum atomic E-state index is -0.179. The van der Waals surface area contributed by atoms with Gasteiger partial charge in [0, 0.05) is 38.2 Å². The Morgan fingerprint density at radius 1 is 1.04 bits per heavy atom. The van der Waals surface area contributed by atoms with Crippen molar-refractivity contribution in [2.24, 2.45) is 0 Å². The second kappa shape index (κ2) is 8.58. The zero-order valence-corrected chi connectivity index (χ0v) is 15.8. The first-order valence-corrected chi connectivity index (χ1v) is 9.19. The van der Waals surface area contributed by atoms with Crippen LogP contribution in [0.25, 0.3) is 0 Å². The summed E-state index contributed by atoms with van der Waals surface area (Å²) < 4.78 is 5.19. The Kier molecular flexibility index (Phi) is 5.96. The monoisotopic (exact) mass is 367 g/mol. The maximum Gasteiger partial charge on any atom is 0.255 e. The molecule has 2 amide bonds. The lowest BCUT2D eigenvalue weighted by atomic mass is 10.1. The van der Waals surface area contributed by atoms with Crippen molar-refractivity contribution in [3.05, 3.63) is 54.1 Å². The molecule has 6 nitrogen and oxygen atoms in total. The molecular weight excluding hydrogens is 342 g/mol. The second-order valence-electron chi connectivity index (χ2n) is 6.42. The summed E-state index contributed by atoms with van der Waals surface area (Å²) in [7, 11) is 1.58. The lowest BCUT2D eigenvalue weighted by Crippen LogP contribution is -2.48. The minimum Gasteiger partial charge on any atom is -0.497 e. The number of rotatable bonds is 5. The summed E-state index contributed by atoms with van der Waals surface area (Å²) in [5, 5.41) is 3.00. The van der Waals surface area contributed by atoms with Crippen LogP contribution in [0.1, 0.15) is 23.7 Å². The van der Waals surface area contributed by atoms with E-state index in [4.69, 9.17) is 4.74 Å². The molecule has 0 spiro atoms. The smallest absolute Gasteiger partial charge is 0.255 e. The molecule has 1 fully saturated rings. The number of carbonyl (C=O) groups is 2. The van der Waals surface area contributed by atoms with Crippen molar-refractivity contribution in [2.45, 2.75) is 13.3 Å². The second-order valence-corrected chi connectivity index (χ2v) is 6.42. The van der Waals surface area contributed by atoms with Crippen molar-refractivity contribution in [1.29, 1.82) is 0 Å². The Bertz CT molecular complexity index is 814. The van der Waals surface area contributed by atoms with E-state index in [1.807, 2.05) is 42.2 Å². The molecule has 1 N–H and O–H groups in total. The van der Waals surface area contributed by atoms with Gasteiger partial charge in [0.15, 0.2) is 0 Å². The molecule has 0 aromatic heterocycles. The number of methoxy groups -OCH3 is 1. The third kappa shape index (κ3) is 4.39. The standard InChI is InChI=1S/C21H25N3O3/c1-3-20(25)24-13-11-23(12-14-24)19-10-5-4-9-18(19)22-21(26)16-7-6-8-17(15-16)27-2/h4-10,15H,3,11-14H2,1-2H3,(H,22,26). The fourth-order valence-corrected chi connectivity index (χ4v) is 3.23. The Morgan fingerprint density at radius 3 is 2.48 bits per heavy atom. The van der Waals surface area contributed by atoms with Gasteiger partial charge in [0.25, 0.3) is 5.91 Å². The third-order valence-corrected chi connectivity index (χ3v) is 4.76. The first-order chi connectivity index (χ1) is 13.1.